The smallest absolute Gasteiger partial charge is 0.322 e. The largest absolute Gasteiger partial charge is 0.508 e. The first-order valence-electron chi connectivity index (χ1n) is 13.6. The van der Waals surface area contributed by atoms with Crippen LogP contribution in [0, 0.1) is 11.8 Å². The first-order valence-corrected chi connectivity index (χ1v) is 13.6. The highest BCUT2D eigenvalue weighted by molar-refractivity contribution is 5.75. The van der Waals surface area contributed by atoms with Gasteiger partial charge >= 0.3 is 5.97 Å². The van der Waals surface area contributed by atoms with Crippen molar-refractivity contribution in [3.05, 3.63) is 29.3 Å². The number of aromatic hydroxyl groups is 1. The number of nitrogens with zero attached hydrogens (tertiary/aromatic N) is 1. The third-order valence-corrected chi connectivity index (χ3v) is 8.88. The summed E-state index contributed by atoms with van der Waals surface area (Å²) in [6.07, 6.45) is 11.0. The maximum Gasteiger partial charge on any atom is 0.322 e. The standard InChI is InChI=1S/C28H45N3O3/c1-20-26-17-22-10-11-23(32)18-24(22)28(20,13-16-31(26)19-21-8-9-21)12-4-6-15-30-25(27(33)34-2)7-3-5-14-29/h10-11,18,20-21,25-26,30,32H,3-9,12-17,19,29H2,1-2H3/t20-,25-,26+,28+/m0/s1. The number of benzene rings is 1. The van der Waals surface area contributed by atoms with Crippen LogP contribution in [0.2, 0.25) is 0 Å². The van der Waals surface area contributed by atoms with E-state index in [0.717, 1.165) is 57.4 Å². The Labute approximate surface area is 205 Å². The molecule has 34 heavy (non-hydrogen) atoms. The van der Waals surface area contributed by atoms with Gasteiger partial charge in [-0.15, -0.1) is 0 Å². The molecule has 1 aromatic carbocycles. The SMILES string of the molecule is COC(=O)[C@H](CCCCN)NCCCC[C@]12CCN(CC3CC3)[C@H](Cc3ccc(O)cc31)[C@@H]2C. The molecule has 0 radical (unpaired) electrons. The molecule has 2 aliphatic carbocycles. The van der Waals surface area contributed by atoms with E-state index in [1.54, 1.807) is 0 Å². The number of carbonyl (C=O) groups is 1. The Morgan fingerprint density at radius 1 is 1.29 bits per heavy atom. The van der Waals surface area contributed by atoms with Gasteiger partial charge in [0.25, 0.3) is 0 Å². The molecular formula is C28H45N3O3. The molecule has 2 bridgehead atoms. The minimum absolute atomic E-state index is 0.139. The number of methoxy groups -OCH3 is 1. The Morgan fingerprint density at radius 3 is 2.85 bits per heavy atom. The Morgan fingerprint density at radius 2 is 2.12 bits per heavy atom. The van der Waals surface area contributed by atoms with E-state index in [1.807, 2.05) is 6.07 Å². The maximum atomic E-state index is 12.1. The number of phenolic OH excluding ortho intramolecular Hbond substituents is 1. The molecule has 4 N–H and O–H groups in total. The number of fused-ring (bicyclic) bond motifs is 4. The summed E-state index contributed by atoms with van der Waals surface area (Å²) in [6.45, 7) is 6.37. The number of nitrogens with two attached hydrogens (primary N) is 1. The van der Waals surface area contributed by atoms with E-state index in [4.69, 9.17) is 10.5 Å². The minimum atomic E-state index is -0.240. The molecule has 2 fully saturated rings. The topological polar surface area (TPSA) is 87.8 Å². The molecule has 1 saturated carbocycles. The van der Waals surface area contributed by atoms with E-state index in [1.165, 1.54) is 50.6 Å². The summed E-state index contributed by atoms with van der Waals surface area (Å²) in [7, 11) is 1.46. The summed E-state index contributed by atoms with van der Waals surface area (Å²) in [6, 6.07) is 6.46. The number of hydrogen-bond donors (Lipinski definition) is 3. The second-order valence-electron chi connectivity index (χ2n) is 11.0. The van der Waals surface area contributed by atoms with E-state index >= 15 is 0 Å². The van der Waals surface area contributed by atoms with Crippen molar-refractivity contribution in [2.45, 2.75) is 88.6 Å². The molecule has 0 amide bonds. The Hall–Kier alpha value is -1.63. The van der Waals surface area contributed by atoms with Gasteiger partial charge < -0.3 is 20.9 Å². The van der Waals surface area contributed by atoms with Crippen molar-refractivity contribution in [2.24, 2.45) is 17.6 Å². The normalized spacial score (nSPS) is 27.3. The average Bonchev–Trinajstić information content (AvgIpc) is 3.65. The molecule has 0 unspecified atom stereocenters. The number of rotatable bonds is 13. The Kier molecular flexibility index (Phi) is 8.54. The lowest BCUT2D eigenvalue weighted by molar-refractivity contribution is -0.143. The molecule has 4 rings (SSSR count). The number of esters is 1. The number of ether oxygens (including phenoxy) is 1. The zero-order valence-electron chi connectivity index (χ0n) is 21.2. The third-order valence-electron chi connectivity index (χ3n) is 8.88. The van der Waals surface area contributed by atoms with Crippen molar-refractivity contribution in [1.82, 2.24) is 10.2 Å². The Balaban J connectivity index is 1.39. The Bertz CT molecular complexity index is 827. The van der Waals surface area contributed by atoms with Crippen LogP contribution >= 0.6 is 0 Å². The molecule has 4 atom stereocenters. The van der Waals surface area contributed by atoms with Gasteiger partial charge in [-0.3, -0.25) is 9.69 Å². The molecule has 1 saturated heterocycles. The van der Waals surface area contributed by atoms with Gasteiger partial charge in [0.2, 0.25) is 0 Å². The zero-order chi connectivity index (χ0) is 24.1. The number of carbonyl (C=O) groups excluding carboxylic acids is 1. The number of likely N-dealkylation sites (tertiary alicyclic amines) is 1. The summed E-state index contributed by atoms with van der Waals surface area (Å²) in [4.78, 5) is 14.9. The van der Waals surface area contributed by atoms with Crippen molar-refractivity contribution in [1.29, 1.82) is 0 Å². The van der Waals surface area contributed by atoms with Crippen LogP contribution in [-0.4, -0.2) is 61.3 Å². The summed E-state index contributed by atoms with van der Waals surface area (Å²) in [5.74, 6) is 1.72. The van der Waals surface area contributed by atoms with Gasteiger partial charge in [0.15, 0.2) is 0 Å². The maximum absolute atomic E-state index is 12.1. The molecule has 6 nitrogen and oxygen atoms in total. The summed E-state index contributed by atoms with van der Waals surface area (Å²) in [5.41, 5.74) is 8.58. The fourth-order valence-corrected chi connectivity index (χ4v) is 6.66. The predicted molar refractivity (Wildman–Crippen MR) is 136 cm³/mol. The summed E-state index contributed by atoms with van der Waals surface area (Å²) in [5, 5.41) is 13.8. The second-order valence-corrected chi connectivity index (χ2v) is 11.0. The predicted octanol–water partition coefficient (Wildman–Crippen LogP) is 3.74. The monoisotopic (exact) mass is 471 g/mol. The lowest BCUT2D eigenvalue weighted by Gasteiger charge is -2.56. The van der Waals surface area contributed by atoms with Crippen LogP contribution in [0.3, 0.4) is 0 Å². The summed E-state index contributed by atoms with van der Waals surface area (Å²) < 4.78 is 4.99. The van der Waals surface area contributed by atoms with E-state index in [9.17, 15) is 9.90 Å². The molecule has 0 spiro atoms. The van der Waals surface area contributed by atoms with Crippen LogP contribution in [0.15, 0.2) is 18.2 Å². The van der Waals surface area contributed by atoms with Gasteiger partial charge in [0.05, 0.1) is 7.11 Å². The first kappa shape index (κ1) is 25.5. The van der Waals surface area contributed by atoms with Crippen LogP contribution in [0.1, 0.15) is 75.8 Å². The van der Waals surface area contributed by atoms with E-state index in [-0.39, 0.29) is 17.4 Å². The van der Waals surface area contributed by atoms with Gasteiger partial charge in [0.1, 0.15) is 11.8 Å². The molecule has 1 aliphatic heterocycles. The number of unbranched alkanes of at least 4 members (excludes halogenated alkanes) is 2. The minimum Gasteiger partial charge on any atom is -0.508 e. The zero-order valence-corrected chi connectivity index (χ0v) is 21.2. The molecule has 190 valence electrons. The third kappa shape index (κ3) is 5.60. The van der Waals surface area contributed by atoms with Crippen molar-refractivity contribution in [3.8, 4) is 5.75 Å². The van der Waals surface area contributed by atoms with Crippen LogP contribution < -0.4 is 11.1 Å². The van der Waals surface area contributed by atoms with Gasteiger partial charge in [-0.2, -0.15) is 0 Å². The number of piperidine rings is 1. The fraction of sp³-hybridized carbons (Fsp3) is 0.750. The lowest BCUT2D eigenvalue weighted by Crippen LogP contribution is -2.59. The number of nitrogens with one attached hydrogen (secondary N) is 1. The van der Waals surface area contributed by atoms with Crippen molar-refractivity contribution in [2.75, 3.05) is 33.3 Å². The molecule has 6 heteroatoms. The highest BCUT2D eigenvalue weighted by Gasteiger charge is 2.51. The van der Waals surface area contributed by atoms with Crippen molar-refractivity contribution in [3.63, 3.8) is 0 Å². The van der Waals surface area contributed by atoms with Crippen LogP contribution in [0.4, 0.5) is 0 Å². The summed E-state index contributed by atoms with van der Waals surface area (Å²) >= 11 is 0. The van der Waals surface area contributed by atoms with Gasteiger partial charge in [-0.1, -0.05) is 25.8 Å². The highest BCUT2D eigenvalue weighted by atomic mass is 16.5. The second kappa shape index (κ2) is 11.4. The van der Waals surface area contributed by atoms with Gasteiger partial charge in [0, 0.05) is 18.0 Å². The number of phenols is 1. The van der Waals surface area contributed by atoms with E-state index < -0.39 is 0 Å². The van der Waals surface area contributed by atoms with Crippen molar-refractivity contribution < 1.29 is 14.6 Å². The van der Waals surface area contributed by atoms with E-state index in [0.29, 0.717) is 24.3 Å². The number of hydrogen-bond acceptors (Lipinski definition) is 6. The molecule has 3 aliphatic rings. The first-order chi connectivity index (χ1) is 16.5. The molecule has 0 aromatic heterocycles. The quantitative estimate of drug-likeness (QED) is 0.300. The lowest BCUT2D eigenvalue weighted by atomic mass is 9.56. The molecule has 1 heterocycles. The van der Waals surface area contributed by atoms with Gasteiger partial charge in [-0.05, 0) is 106 Å². The van der Waals surface area contributed by atoms with Crippen LogP contribution in [0.25, 0.3) is 0 Å². The van der Waals surface area contributed by atoms with Gasteiger partial charge in [-0.25, -0.2) is 0 Å². The molecule has 1 aromatic rings. The fourth-order valence-electron chi connectivity index (χ4n) is 6.66. The highest BCUT2D eigenvalue weighted by Crippen LogP contribution is 2.52. The molecular weight excluding hydrogens is 426 g/mol. The van der Waals surface area contributed by atoms with Crippen LogP contribution in [0.5, 0.6) is 5.75 Å². The van der Waals surface area contributed by atoms with E-state index in [2.05, 4.69) is 29.3 Å². The average molecular weight is 472 g/mol. The van der Waals surface area contributed by atoms with Crippen LogP contribution in [-0.2, 0) is 21.4 Å². The van der Waals surface area contributed by atoms with Crippen molar-refractivity contribution >= 4 is 5.97 Å².